The molecule has 8 rings (SSSR count). The number of ether oxygens (including phenoxy) is 1. The molecule has 4 aromatic rings. The molecule has 1 unspecified atom stereocenters. The van der Waals surface area contributed by atoms with E-state index >= 15 is 4.39 Å². The lowest BCUT2D eigenvalue weighted by Crippen LogP contribution is -2.59. The Morgan fingerprint density at radius 1 is 1.16 bits per heavy atom. The zero-order valence-electron chi connectivity index (χ0n) is 25.1. The van der Waals surface area contributed by atoms with Gasteiger partial charge in [0.25, 0.3) is 6.08 Å². The van der Waals surface area contributed by atoms with Crippen LogP contribution in [0.4, 0.5) is 23.4 Å². The Morgan fingerprint density at radius 3 is 2.87 bits per heavy atom. The quantitative estimate of drug-likeness (QED) is 0.277. The number of nitrogens with one attached hydrogen (secondary N) is 2. The maximum atomic E-state index is 16.8. The Hall–Kier alpha value is -3.84. The van der Waals surface area contributed by atoms with Gasteiger partial charge in [-0.25, -0.2) is 8.78 Å². The van der Waals surface area contributed by atoms with Gasteiger partial charge in [-0.15, -0.1) is 0 Å². The summed E-state index contributed by atoms with van der Waals surface area (Å²) in [5.74, 6) is -0.256. The second-order valence-electron chi connectivity index (χ2n) is 13.3. The molecule has 0 amide bonds. The average Bonchev–Trinajstić information content (AvgIpc) is 3.75. The molecule has 7 heterocycles. The van der Waals surface area contributed by atoms with Crippen LogP contribution in [0.5, 0.6) is 6.01 Å². The Balaban J connectivity index is 1.26. The predicted molar refractivity (Wildman–Crippen MR) is 162 cm³/mol. The molecule has 9 nitrogen and oxygen atoms in total. The van der Waals surface area contributed by atoms with E-state index in [1.807, 2.05) is 24.8 Å². The number of aryl methyl sites for hydroxylation is 1. The standard InChI is InChI=1S/C32H34F4N8O/c1-17-8-23-21(12-38-42-23)25(18(17)2)28-26(36)27-22(11-37-28)29(43-14-20-4-6-31(15-43,41-20)10-24(34)35)40-30(39-27)45-16-32-5-3-7-44(32)13-19(33)9-32/h8,10-12,19-20,41H,3-7,9,13-16H2,1-2H3,(H,38,42)/t19-,20+,31+,32?/m1/s1. The van der Waals surface area contributed by atoms with E-state index in [0.29, 0.717) is 42.7 Å². The third kappa shape index (κ3) is 4.65. The first kappa shape index (κ1) is 28.6. The minimum Gasteiger partial charge on any atom is -0.461 e. The second kappa shape index (κ2) is 10.3. The van der Waals surface area contributed by atoms with Crippen molar-refractivity contribution < 1.29 is 22.3 Å². The number of fused-ring (bicyclic) bond motifs is 5. The van der Waals surface area contributed by atoms with Gasteiger partial charge in [-0.1, -0.05) is 0 Å². The summed E-state index contributed by atoms with van der Waals surface area (Å²) in [5, 5.41) is 11.6. The lowest BCUT2D eigenvalue weighted by Gasteiger charge is -2.40. The number of hydrogen-bond acceptors (Lipinski definition) is 8. The van der Waals surface area contributed by atoms with Crippen LogP contribution in [0.25, 0.3) is 33.1 Å². The summed E-state index contributed by atoms with van der Waals surface area (Å²) in [6, 6.07) is 1.89. The van der Waals surface area contributed by atoms with Crippen LogP contribution < -0.4 is 15.0 Å². The van der Waals surface area contributed by atoms with E-state index in [-0.39, 0.29) is 36.4 Å². The number of pyridine rings is 1. The summed E-state index contributed by atoms with van der Waals surface area (Å²) < 4.78 is 64.7. The maximum absolute atomic E-state index is 16.8. The largest absolute Gasteiger partial charge is 0.461 e. The highest BCUT2D eigenvalue weighted by atomic mass is 19.3. The normalized spacial score (nSPS) is 27.9. The van der Waals surface area contributed by atoms with Gasteiger partial charge in [0, 0.05) is 55.3 Å². The van der Waals surface area contributed by atoms with Gasteiger partial charge in [0.15, 0.2) is 5.82 Å². The molecule has 4 atom stereocenters. The molecule has 45 heavy (non-hydrogen) atoms. The van der Waals surface area contributed by atoms with Crippen molar-refractivity contribution in [1.29, 1.82) is 0 Å². The number of rotatable bonds is 6. The topological polar surface area (TPSA) is 95.1 Å². The van der Waals surface area contributed by atoms with E-state index in [1.165, 1.54) is 0 Å². The molecule has 0 radical (unpaired) electrons. The predicted octanol–water partition coefficient (Wildman–Crippen LogP) is 5.37. The highest BCUT2D eigenvalue weighted by molar-refractivity contribution is 5.99. The van der Waals surface area contributed by atoms with E-state index < -0.39 is 29.1 Å². The van der Waals surface area contributed by atoms with Crippen LogP contribution in [0.2, 0.25) is 0 Å². The molecule has 0 saturated carbocycles. The molecule has 3 aromatic heterocycles. The number of anilines is 1. The molecule has 4 saturated heterocycles. The molecule has 0 spiro atoms. The first-order valence-corrected chi connectivity index (χ1v) is 15.5. The lowest BCUT2D eigenvalue weighted by atomic mass is 9.95. The van der Waals surface area contributed by atoms with E-state index in [0.717, 1.165) is 53.9 Å². The van der Waals surface area contributed by atoms with E-state index in [1.54, 1.807) is 12.4 Å². The third-order valence-electron chi connectivity index (χ3n) is 10.4. The van der Waals surface area contributed by atoms with Gasteiger partial charge in [-0.05, 0) is 63.3 Å². The summed E-state index contributed by atoms with van der Waals surface area (Å²) in [7, 11) is 0. The number of alkyl halides is 1. The van der Waals surface area contributed by atoms with Crippen LogP contribution in [0, 0.1) is 19.7 Å². The molecule has 4 aliphatic rings. The third-order valence-corrected chi connectivity index (χ3v) is 10.4. The van der Waals surface area contributed by atoms with Crippen molar-refractivity contribution in [3.8, 4) is 17.3 Å². The van der Waals surface area contributed by atoms with E-state index in [9.17, 15) is 13.2 Å². The molecule has 2 bridgehead atoms. The van der Waals surface area contributed by atoms with Gasteiger partial charge < -0.3 is 15.0 Å². The average molecular weight is 623 g/mol. The zero-order chi connectivity index (χ0) is 31.1. The molecular formula is C32H34F4N8O. The minimum absolute atomic E-state index is 0.0280. The van der Waals surface area contributed by atoms with Crippen molar-refractivity contribution in [3.05, 3.63) is 47.6 Å². The number of nitrogens with zero attached hydrogens (tertiary/aromatic N) is 6. The van der Waals surface area contributed by atoms with Crippen molar-refractivity contribution in [2.24, 2.45) is 0 Å². The first-order chi connectivity index (χ1) is 21.6. The number of aromatic amines is 1. The SMILES string of the molecule is Cc1cc2[nH]ncc2c(-c2ncc3c(N4C[C@@H]5CC[C@](C=C(F)F)(C4)N5)nc(OCC45CCCN4C[C@H](F)C5)nc3c2F)c1C. The molecule has 236 valence electrons. The molecule has 4 aliphatic heterocycles. The van der Waals surface area contributed by atoms with Gasteiger partial charge in [0.1, 0.15) is 29.8 Å². The first-order valence-electron chi connectivity index (χ1n) is 15.5. The summed E-state index contributed by atoms with van der Waals surface area (Å²) in [6.07, 6.45) is 4.90. The van der Waals surface area contributed by atoms with E-state index in [4.69, 9.17) is 9.72 Å². The van der Waals surface area contributed by atoms with Crippen LogP contribution in [0.3, 0.4) is 0 Å². The minimum atomic E-state index is -1.75. The molecular weight excluding hydrogens is 588 g/mol. The van der Waals surface area contributed by atoms with Crippen LogP contribution in [-0.2, 0) is 0 Å². The maximum Gasteiger partial charge on any atom is 0.319 e. The number of hydrogen-bond donors (Lipinski definition) is 2. The smallest absolute Gasteiger partial charge is 0.319 e. The molecule has 0 aliphatic carbocycles. The second-order valence-corrected chi connectivity index (χ2v) is 13.3. The Bertz CT molecular complexity index is 1860. The fourth-order valence-electron chi connectivity index (χ4n) is 8.23. The lowest BCUT2D eigenvalue weighted by molar-refractivity contribution is 0.107. The van der Waals surface area contributed by atoms with Crippen molar-refractivity contribution in [3.63, 3.8) is 0 Å². The Morgan fingerprint density at radius 2 is 2.02 bits per heavy atom. The summed E-state index contributed by atoms with van der Waals surface area (Å²) in [6.45, 7) is 5.92. The van der Waals surface area contributed by atoms with Crippen molar-refractivity contribution in [2.75, 3.05) is 37.7 Å². The number of H-pyrrole nitrogens is 1. The summed E-state index contributed by atoms with van der Waals surface area (Å²) >= 11 is 0. The van der Waals surface area contributed by atoms with Crippen LogP contribution in [0.15, 0.2) is 30.6 Å². The molecule has 13 heteroatoms. The van der Waals surface area contributed by atoms with Crippen molar-refractivity contribution >= 4 is 27.6 Å². The van der Waals surface area contributed by atoms with Gasteiger partial charge in [-0.3, -0.25) is 15.0 Å². The number of piperazine rings is 1. The molecule has 4 fully saturated rings. The van der Waals surface area contributed by atoms with Gasteiger partial charge >= 0.3 is 6.01 Å². The summed E-state index contributed by atoms with van der Waals surface area (Å²) in [5.41, 5.74) is 1.97. The van der Waals surface area contributed by atoms with Crippen LogP contribution in [-0.4, -0.2) is 86.1 Å². The Labute approximate surface area is 257 Å². The highest BCUT2D eigenvalue weighted by Crippen LogP contribution is 2.42. The highest BCUT2D eigenvalue weighted by Gasteiger charge is 2.50. The van der Waals surface area contributed by atoms with Gasteiger partial charge in [0.05, 0.1) is 28.2 Å². The fraction of sp³-hybridized carbons (Fsp3) is 0.500. The number of halogens is 4. The number of aromatic nitrogens is 5. The zero-order valence-corrected chi connectivity index (χ0v) is 25.1. The molecule has 1 aromatic carbocycles. The van der Waals surface area contributed by atoms with Crippen LogP contribution in [0.1, 0.15) is 43.2 Å². The number of benzene rings is 1. The molecule has 2 N–H and O–H groups in total. The van der Waals surface area contributed by atoms with E-state index in [2.05, 4.69) is 30.4 Å². The van der Waals surface area contributed by atoms with Crippen LogP contribution >= 0.6 is 0 Å². The Kier molecular flexibility index (Phi) is 6.58. The van der Waals surface area contributed by atoms with Crippen molar-refractivity contribution in [1.82, 2.24) is 35.4 Å². The fourth-order valence-corrected chi connectivity index (χ4v) is 8.23. The monoisotopic (exact) mass is 622 g/mol. The summed E-state index contributed by atoms with van der Waals surface area (Å²) in [4.78, 5) is 18.0. The van der Waals surface area contributed by atoms with Gasteiger partial charge in [0.2, 0.25) is 0 Å². The van der Waals surface area contributed by atoms with Crippen molar-refractivity contribution in [2.45, 2.75) is 69.2 Å². The van der Waals surface area contributed by atoms with Gasteiger partial charge in [-0.2, -0.15) is 23.8 Å².